The van der Waals surface area contributed by atoms with Gasteiger partial charge in [0.2, 0.25) is 0 Å². The van der Waals surface area contributed by atoms with E-state index in [-0.39, 0.29) is 18.4 Å². The highest BCUT2D eigenvalue weighted by Gasteiger charge is 2.26. The number of anilines is 1. The van der Waals surface area contributed by atoms with Crippen molar-refractivity contribution in [1.29, 1.82) is 0 Å². The van der Waals surface area contributed by atoms with Gasteiger partial charge in [0.25, 0.3) is 0 Å². The van der Waals surface area contributed by atoms with Gasteiger partial charge in [-0.05, 0) is 36.4 Å². The van der Waals surface area contributed by atoms with Crippen molar-refractivity contribution in [2.24, 2.45) is 0 Å². The summed E-state index contributed by atoms with van der Waals surface area (Å²) in [5.41, 5.74) is 3.47. The highest BCUT2D eigenvalue weighted by Crippen LogP contribution is 2.26. The molecule has 0 N–H and O–H groups in total. The van der Waals surface area contributed by atoms with E-state index in [0.29, 0.717) is 18.7 Å². The summed E-state index contributed by atoms with van der Waals surface area (Å²) in [5, 5.41) is 0. The average Bonchev–Trinajstić information content (AvgIpc) is 2.79. The SMILES string of the molecule is CN1CCN(C(=O)N(Cc2ccccc2F)c2ccc(-c3ccccc3)cc2)CC1. The van der Waals surface area contributed by atoms with Crippen molar-refractivity contribution in [3.8, 4) is 11.1 Å². The number of piperazine rings is 1. The van der Waals surface area contributed by atoms with Crippen LogP contribution < -0.4 is 4.90 Å². The summed E-state index contributed by atoms with van der Waals surface area (Å²) in [6.07, 6.45) is 0. The Bertz CT molecular complexity index is 983. The van der Waals surface area contributed by atoms with Gasteiger partial charge >= 0.3 is 6.03 Å². The average molecular weight is 404 g/mol. The number of likely N-dealkylation sites (N-methyl/N-ethyl adjacent to an activating group) is 1. The van der Waals surface area contributed by atoms with Gasteiger partial charge in [0.15, 0.2) is 0 Å². The molecule has 154 valence electrons. The predicted octanol–water partition coefficient (Wildman–Crippen LogP) is 4.87. The Morgan fingerprint density at radius 1 is 0.833 bits per heavy atom. The molecule has 1 heterocycles. The number of urea groups is 1. The maximum absolute atomic E-state index is 14.3. The molecule has 5 heteroatoms. The van der Waals surface area contributed by atoms with Crippen LogP contribution in [0.15, 0.2) is 78.9 Å². The number of carbonyl (C=O) groups is 1. The van der Waals surface area contributed by atoms with Crippen LogP contribution in [0.1, 0.15) is 5.56 Å². The number of nitrogens with zero attached hydrogens (tertiary/aromatic N) is 3. The van der Waals surface area contributed by atoms with Crippen molar-refractivity contribution >= 4 is 11.7 Å². The van der Waals surface area contributed by atoms with Crippen LogP contribution in [0.5, 0.6) is 0 Å². The Morgan fingerprint density at radius 3 is 2.10 bits per heavy atom. The van der Waals surface area contributed by atoms with Crippen molar-refractivity contribution in [1.82, 2.24) is 9.80 Å². The van der Waals surface area contributed by atoms with Crippen LogP contribution in [0.2, 0.25) is 0 Å². The number of hydrogen-bond donors (Lipinski definition) is 0. The van der Waals surface area contributed by atoms with Gasteiger partial charge in [0.05, 0.1) is 6.54 Å². The molecule has 0 aromatic heterocycles. The lowest BCUT2D eigenvalue weighted by molar-refractivity contribution is 0.159. The molecular formula is C25H26FN3O. The maximum Gasteiger partial charge on any atom is 0.324 e. The van der Waals surface area contributed by atoms with E-state index in [1.807, 2.05) is 47.4 Å². The molecule has 0 aliphatic carbocycles. The molecule has 1 aliphatic rings. The molecular weight excluding hydrogens is 377 g/mol. The lowest BCUT2D eigenvalue weighted by Gasteiger charge is -2.36. The minimum absolute atomic E-state index is 0.0844. The second-order valence-corrected chi connectivity index (χ2v) is 7.66. The molecule has 0 radical (unpaired) electrons. The second-order valence-electron chi connectivity index (χ2n) is 7.66. The number of benzene rings is 3. The zero-order valence-corrected chi connectivity index (χ0v) is 17.2. The fraction of sp³-hybridized carbons (Fsp3) is 0.240. The largest absolute Gasteiger partial charge is 0.324 e. The van der Waals surface area contributed by atoms with E-state index in [9.17, 15) is 9.18 Å². The molecule has 0 spiro atoms. The summed E-state index contributed by atoms with van der Waals surface area (Å²) >= 11 is 0. The third-order valence-electron chi connectivity index (χ3n) is 5.58. The summed E-state index contributed by atoms with van der Waals surface area (Å²) in [4.78, 5) is 19.1. The lowest BCUT2D eigenvalue weighted by atomic mass is 10.1. The fourth-order valence-electron chi connectivity index (χ4n) is 3.70. The number of halogens is 1. The smallest absolute Gasteiger partial charge is 0.322 e. The summed E-state index contributed by atoms with van der Waals surface area (Å²) in [6.45, 7) is 3.22. The minimum Gasteiger partial charge on any atom is -0.322 e. The quantitative estimate of drug-likeness (QED) is 0.622. The Kier molecular flexibility index (Phi) is 6.10. The van der Waals surface area contributed by atoms with Gasteiger partial charge in [-0.1, -0.05) is 60.7 Å². The Morgan fingerprint density at radius 2 is 1.43 bits per heavy atom. The minimum atomic E-state index is -0.297. The third kappa shape index (κ3) is 4.52. The maximum atomic E-state index is 14.3. The van der Waals surface area contributed by atoms with Crippen molar-refractivity contribution in [2.45, 2.75) is 6.54 Å². The first kappa shape index (κ1) is 20.1. The molecule has 0 saturated carbocycles. The molecule has 3 aromatic carbocycles. The topological polar surface area (TPSA) is 26.8 Å². The molecule has 1 aliphatic heterocycles. The molecule has 1 fully saturated rings. The lowest BCUT2D eigenvalue weighted by Crippen LogP contribution is -2.52. The molecule has 2 amide bonds. The summed E-state index contributed by atoms with van der Waals surface area (Å²) in [7, 11) is 2.06. The van der Waals surface area contributed by atoms with Crippen molar-refractivity contribution in [2.75, 3.05) is 38.1 Å². The van der Waals surface area contributed by atoms with E-state index in [2.05, 4.69) is 24.1 Å². The van der Waals surface area contributed by atoms with Gasteiger partial charge in [-0.25, -0.2) is 9.18 Å². The van der Waals surface area contributed by atoms with Crippen molar-refractivity contribution < 1.29 is 9.18 Å². The first-order valence-electron chi connectivity index (χ1n) is 10.3. The molecule has 30 heavy (non-hydrogen) atoms. The zero-order chi connectivity index (χ0) is 20.9. The molecule has 3 aromatic rings. The highest BCUT2D eigenvalue weighted by atomic mass is 19.1. The van der Waals surface area contributed by atoms with Crippen LogP contribution >= 0.6 is 0 Å². The highest BCUT2D eigenvalue weighted by molar-refractivity contribution is 5.92. The third-order valence-corrected chi connectivity index (χ3v) is 5.58. The van der Waals surface area contributed by atoms with E-state index < -0.39 is 0 Å². The molecule has 4 nitrogen and oxygen atoms in total. The first-order chi connectivity index (χ1) is 14.6. The van der Waals surface area contributed by atoms with E-state index in [1.165, 1.54) is 6.07 Å². The van der Waals surface area contributed by atoms with E-state index in [4.69, 9.17) is 0 Å². The summed E-state index contributed by atoms with van der Waals surface area (Å²) in [6, 6.07) is 24.6. The molecule has 1 saturated heterocycles. The molecule has 0 atom stereocenters. The molecule has 0 bridgehead atoms. The van der Waals surface area contributed by atoms with Crippen LogP contribution in [0, 0.1) is 5.82 Å². The van der Waals surface area contributed by atoms with Crippen LogP contribution in [0.3, 0.4) is 0 Å². The van der Waals surface area contributed by atoms with Crippen LogP contribution in [-0.2, 0) is 6.54 Å². The van der Waals surface area contributed by atoms with Gasteiger partial charge in [-0.2, -0.15) is 0 Å². The van der Waals surface area contributed by atoms with Gasteiger partial charge < -0.3 is 9.80 Å². The van der Waals surface area contributed by atoms with Crippen molar-refractivity contribution in [3.05, 3.63) is 90.2 Å². The number of hydrogen-bond acceptors (Lipinski definition) is 2. The van der Waals surface area contributed by atoms with E-state index in [0.717, 1.165) is 29.9 Å². The Balaban J connectivity index is 1.62. The number of rotatable bonds is 4. The summed E-state index contributed by atoms with van der Waals surface area (Å²) in [5.74, 6) is -0.297. The zero-order valence-electron chi connectivity index (χ0n) is 17.2. The van der Waals surface area contributed by atoms with Crippen LogP contribution in [0.4, 0.5) is 14.9 Å². The first-order valence-corrected chi connectivity index (χ1v) is 10.3. The van der Waals surface area contributed by atoms with E-state index in [1.54, 1.807) is 23.1 Å². The van der Waals surface area contributed by atoms with Gasteiger partial charge in [-0.15, -0.1) is 0 Å². The van der Waals surface area contributed by atoms with Gasteiger partial charge in [-0.3, -0.25) is 4.90 Å². The van der Waals surface area contributed by atoms with Crippen LogP contribution in [0.25, 0.3) is 11.1 Å². The molecule has 4 rings (SSSR count). The van der Waals surface area contributed by atoms with Crippen molar-refractivity contribution in [3.63, 3.8) is 0 Å². The Hall–Kier alpha value is -3.18. The fourth-order valence-corrected chi connectivity index (χ4v) is 3.70. The summed E-state index contributed by atoms with van der Waals surface area (Å²) < 4.78 is 14.3. The van der Waals surface area contributed by atoms with E-state index >= 15 is 0 Å². The number of carbonyl (C=O) groups excluding carboxylic acids is 1. The standard InChI is InChI=1S/C25H26FN3O/c1-27-15-17-28(18-16-27)25(30)29(19-22-9-5-6-10-24(22)26)23-13-11-21(12-14-23)20-7-3-2-4-8-20/h2-14H,15-19H2,1H3. The monoisotopic (exact) mass is 403 g/mol. The van der Waals surface area contributed by atoms with Gasteiger partial charge in [0, 0.05) is 37.4 Å². The predicted molar refractivity (Wildman–Crippen MR) is 119 cm³/mol. The van der Waals surface area contributed by atoms with Crippen LogP contribution in [-0.4, -0.2) is 49.1 Å². The molecule has 0 unspecified atom stereocenters. The second kappa shape index (κ2) is 9.09. The van der Waals surface area contributed by atoms with Gasteiger partial charge in [0.1, 0.15) is 5.82 Å². The Labute approximate surface area is 177 Å². The number of amides is 2. The normalized spacial score (nSPS) is 14.5.